The molecule has 0 N–H and O–H groups in total. The van der Waals surface area contributed by atoms with Gasteiger partial charge < -0.3 is 0 Å². The van der Waals surface area contributed by atoms with Crippen molar-refractivity contribution in [3.05, 3.63) is 49.1 Å². The van der Waals surface area contributed by atoms with Gasteiger partial charge >= 0.3 is 66.0 Å². The van der Waals surface area contributed by atoms with Gasteiger partial charge in [0.15, 0.2) is 24.8 Å². The van der Waals surface area contributed by atoms with Crippen LogP contribution in [0.4, 0.5) is 50.4 Å². The molecule has 0 aliphatic rings. The molecule has 0 fully saturated rings. The van der Waals surface area contributed by atoms with Crippen LogP contribution in [0.1, 0.15) is 0 Å². The average molecular weight is 476 g/mol. The number of hydrogen-bond acceptors (Lipinski definition) is 0. The molecule has 2 heterocycles. The van der Waals surface area contributed by atoms with Crippen LogP contribution < -0.4 is 9.13 Å². The van der Waals surface area contributed by atoms with Crippen LogP contribution in [0.2, 0.25) is 0 Å². The summed E-state index contributed by atoms with van der Waals surface area (Å²) >= 11 is 0. The molecule has 0 aliphatic heterocycles. The second-order valence-corrected chi connectivity index (χ2v) is 9.25. The van der Waals surface area contributed by atoms with Crippen molar-refractivity contribution < 1.29 is 59.5 Å². The second-order valence-electron chi connectivity index (χ2n) is 5.42. The summed E-state index contributed by atoms with van der Waals surface area (Å²) in [5.41, 5.74) is 2.51. The van der Waals surface area contributed by atoms with Crippen molar-refractivity contribution in [2.75, 3.05) is 0 Å². The van der Waals surface area contributed by atoms with Crippen LogP contribution in [0.5, 0.6) is 0 Å². The zero-order valence-electron chi connectivity index (χ0n) is 13.9. The molecule has 2 nitrogen and oxygen atoms in total. The number of nitrogens with zero attached hydrogens (tertiary/aromatic N) is 2. The fourth-order valence-corrected chi connectivity index (χ4v) is 1.39. The molecule has 0 bridgehead atoms. The topological polar surface area (TPSA) is 7.76 Å². The number of aromatic nitrogens is 2. The summed E-state index contributed by atoms with van der Waals surface area (Å²) in [5, 5.41) is 0. The Morgan fingerprint density at radius 1 is 0.464 bits per heavy atom. The van der Waals surface area contributed by atoms with Crippen LogP contribution in [0.3, 0.4) is 0 Å². The molecule has 166 valence electrons. The zero-order valence-corrected chi connectivity index (χ0v) is 15.7. The third kappa shape index (κ3) is 26.5. The van der Waals surface area contributed by atoms with Crippen molar-refractivity contribution in [1.29, 1.82) is 0 Å². The maximum absolute atomic E-state index is 10.7. The van der Waals surface area contributed by atoms with Gasteiger partial charge in [-0.2, -0.15) is 0 Å². The predicted octanol–water partition coefficient (Wildman–Crippen LogP) is 7.77. The van der Waals surface area contributed by atoms with E-state index in [2.05, 4.69) is 49.1 Å². The monoisotopic (exact) mass is 476 g/mol. The molecule has 0 spiro atoms. The number of rotatable bonds is 1. The van der Waals surface area contributed by atoms with Gasteiger partial charge in [0.2, 0.25) is 0 Å². The third-order valence-electron chi connectivity index (χ3n) is 2.29. The van der Waals surface area contributed by atoms with E-state index in [0.717, 1.165) is 0 Å². The number of pyridine rings is 2. The fourth-order valence-electron chi connectivity index (χ4n) is 1.39. The van der Waals surface area contributed by atoms with Crippen LogP contribution in [-0.4, -0.2) is 0 Å². The molecule has 16 heteroatoms. The maximum atomic E-state index is 9.87. The standard InChI is InChI=1S/C12H14N2.2F6P/c1-13-7-3-11(4-8-13)12-5-9-14(2)10-6-12;2*1-7(2,3,4,5)6/h3-10H,1-2H3;;/q+2;2*-1. The quantitative estimate of drug-likeness (QED) is 0.226. The normalized spacial score (nSPS) is 16.6. The molecular formula is C12H14F12N2P2. The van der Waals surface area contributed by atoms with Crippen molar-refractivity contribution >= 4 is 15.6 Å². The molecule has 0 aliphatic carbocycles. The van der Waals surface area contributed by atoms with Crippen LogP contribution in [0, 0.1) is 0 Å². The minimum absolute atomic E-state index is 1.25. The molecule has 0 unspecified atom stereocenters. The first kappa shape index (κ1) is 26.3. The van der Waals surface area contributed by atoms with E-state index in [1.54, 1.807) is 0 Å². The molecule has 0 saturated carbocycles. The van der Waals surface area contributed by atoms with Crippen LogP contribution in [-0.2, 0) is 14.1 Å². The van der Waals surface area contributed by atoms with Crippen molar-refractivity contribution in [2.24, 2.45) is 14.1 Å². The number of hydrogen-bond donors (Lipinski definition) is 0. The first-order valence-electron chi connectivity index (χ1n) is 6.69. The predicted molar refractivity (Wildman–Crippen MR) is 81.4 cm³/mol. The van der Waals surface area contributed by atoms with E-state index in [0.29, 0.717) is 0 Å². The molecule has 0 saturated heterocycles. The van der Waals surface area contributed by atoms with Gasteiger partial charge in [-0.3, -0.25) is 0 Å². The van der Waals surface area contributed by atoms with Crippen LogP contribution >= 0.6 is 15.6 Å². The Morgan fingerprint density at radius 2 is 0.607 bits per heavy atom. The Kier molecular flexibility index (Phi) is 6.03. The van der Waals surface area contributed by atoms with E-state index >= 15 is 0 Å². The van der Waals surface area contributed by atoms with Crippen molar-refractivity contribution in [2.45, 2.75) is 0 Å². The van der Waals surface area contributed by atoms with Gasteiger partial charge in [0.05, 0.1) is 0 Å². The van der Waals surface area contributed by atoms with Gasteiger partial charge in [0, 0.05) is 24.3 Å². The first-order valence-corrected chi connectivity index (χ1v) is 10.8. The van der Waals surface area contributed by atoms with Gasteiger partial charge in [0.25, 0.3) is 0 Å². The molecular weight excluding hydrogens is 462 g/mol. The van der Waals surface area contributed by atoms with Gasteiger partial charge in [-0.1, -0.05) is 0 Å². The van der Waals surface area contributed by atoms with E-state index in [9.17, 15) is 50.4 Å². The zero-order chi connectivity index (χ0) is 22.8. The summed E-state index contributed by atoms with van der Waals surface area (Å²) in [4.78, 5) is 0. The van der Waals surface area contributed by atoms with E-state index in [1.165, 1.54) is 11.1 Å². The molecule has 2 aromatic rings. The van der Waals surface area contributed by atoms with E-state index in [4.69, 9.17) is 0 Å². The molecule has 0 amide bonds. The Balaban J connectivity index is 0.000000444. The summed E-state index contributed by atoms with van der Waals surface area (Å²) in [6.45, 7) is 0. The molecule has 28 heavy (non-hydrogen) atoms. The first-order chi connectivity index (χ1) is 11.7. The molecule has 0 aromatic carbocycles. The SMILES string of the molecule is C[n+]1ccc(-c2cc[n+](C)cc2)cc1.F[P-](F)(F)(F)(F)F.F[P-](F)(F)(F)(F)F. The summed E-state index contributed by atoms with van der Waals surface area (Å²) < 4.78 is 122. The molecule has 0 atom stereocenters. The molecule has 0 radical (unpaired) electrons. The Morgan fingerprint density at radius 3 is 0.750 bits per heavy atom. The number of aryl methyl sites for hydroxylation is 2. The van der Waals surface area contributed by atoms with Gasteiger partial charge in [-0.25, -0.2) is 9.13 Å². The second kappa shape index (κ2) is 6.41. The van der Waals surface area contributed by atoms with Gasteiger partial charge in [-0.05, 0) is 11.1 Å². The van der Waals surface area contributed by atoms with Gasteiger partial charge in [-0.15, -0.1) is 0 Å². The Bertz CT molecular complexity index is 698. The fraction of sp³-hybridized carbons (Fsp3) is 0.167. The number of halogens is 12. The third-order valence-corrected chi connectivity index (χ3v) is 2.29. The van der Waals surface area contributed by atoms with E-state index in [1.807, 2.05) is 23.2 Å². The Hall–Kier alpha value is -1.68. The molecule has 2 rings (SSSR count). The van der Waals surface area contributed by atoms with Crippen LogP contribution in [0.25, 0.3) is 11.1 Å². The summed E-state index contributed by atoms with van der Waals surface area (Å²) in [5.74, 6) is 0. The van der Waals surface area contributed by atoms with Crippen molar-refractivity contribution in [3.8, 4) is 11.1 Å². The summed E-state index contributed by atoms with van der Waals surface area (Å²) in [7, 11) is -17.3. The average Bonchev–Trinajstić information content (AvgIpc) is 2.33. The van der Waals surface area contributed by atoms with Crippen LogP contribution in [0.15, 0.2) is 49.1 Å². The molecule has 2 aromatic heterocycles. The van der Waals surface area contributed by atoms with Crippen molar-refractivity contribution in [1.82, 2.24) is 0 Å². The van der Waals surface area contributed by atoms with Crippen molar-refractivity contribution in [3.63, 3.8) is 0 Å². The summed E-state index contributed by atoms with van der Waals surface area (Å²) in [6, 6.07) is 8.48. The van der Waals surface area contributed by atoms with E-state index in [-0.39, 0.29) is 0 Å². The Labute approximate surface area is 150 Å². The minimum atomic E-state index is -10.7. The van der Waals surface area contributed by atoms with Gasteiger partial charge in [0.1, 0.15) is 14.1 Å². The summed E-state index contributed by atoms with van der Waals surface area (Å²) in [6.07, 6.45) is 8.23. The van der Waals surface area contributed by atoms with E-state index < -0.39 is 15.6 Å².